The molecule has 4 amide bonds. The molecule has 36 heavy (non-hydrogen) atoms. The smallest absolute Gasteiger partial charge is 0.426 e. The fraction of sp³-hybridized carbons (Fsp3) is 0.455. The second-order valence-electron chi connectivity index (χ2n) is 8.32. The van der Waals surface area contributed by atoms with Gasteiger partial charge in [0.25, 0.3) is 0 Å². The van der Waals surface area contributed by atoms with Crippen molar-refractivity contribution in [2.24, 2.45) is 0 Å². The summed E-state index contributed by atoms with van der Waals surface area (Å²) in [5.74, 6) is 2.69. The van der Waals surface area contributed by atoms with Gasteiger partial charge in [-0.25, -0.2) is 14.6 Å². The molecule has 0 aliphatic carbocycles. The quantitative estimate of drug-likeness (QED) is 0.212. The maximum Gasteiger partial charge on any atom is 0.426 e. The molecule has 5 N–H and O–H groups in total. The fourth-order valence-electron chi connectivity index (χ4n) is 2.59. The molecule has 0 aromatic heterocycles. The standard InChI is InChI=1S/C22H27F3N4O7/c1-5-6-16(30)7-8-29(20(34)35)28-18(32)12-17(31)26-14-9-13(22(23,24)25)10-15(11-14)27-19(33)36-21(2,3)4/h9-11,16,30H,7-8,12H2,1-4H3,(H,26,31)(H,27,33)(H,28,32)(H,34,35)/t16-/m1/s1. The highest BCUT2D eigenvalue weighted by Crippen LogP contribution is 2.33. The van der Waals surface area contributed by atoms with Gasteiger partial charge in [-0.1, -0.05) is 5.92 Å². The minimum atomic E-state index is -4.82. The van der Waals surface area contributed by atoms with E-state index in [-0.39, 0.29) is 24.3 Å². The summed E-state index contributed by atoms with van der Waals surface area (Å²) >= 11 is 0. The van der Waals surface area contributed by atoms with Crippen molar-refractivity contribution in [2.45, 2.75) is 58.4 Å². The van der Waals surface area contributed by atoms with E-state index in [1.807, 2.05) is 5.43 Å². The van der Waals surface area contributed by atoms with E-state index in [4.69, 9.17) is 9.84 Å². The van der Waals surface area contributed by atoms with E-state index in [0.29, 0.717) is 17.1 Å². The maximum absolute atomic E-state index is 13.3. The average molecular weight is 516 g/mol. The minimum absolute atomic E-state index is 0.128. The van der Waals surface area contributed by atoms with E-state index >= 15 is 0 Å². The van der Waals surface area contributed by atoms with Crippen LogP contribution < -0.4 is 16.1 Å². The predicted octanol–water partition coefficient (Wildman–Crippen LogP) is 3.17. The second kappa shape index (κ2) is 12.6. The van der Waals surface area contributed by atoms with Crippen LogP contribution in [-0.2, 0) is 20.5 Å². The number of carboxylic acid groups (broad SMARTS) is 1. The van der Waals surface area contributed by atoms with Crippen molar-refractivity contribution >= 4 is 35.4 Å². The van der Waals surface area contributed by atoms with Gasteiger partial charge in [-0.15, -0.1) is 5.92 Å². The summed E-state index contributed by atoms with van der Waals surface area (Å²) in [4.78, 5) is 47.5. The van der Waals surface area contributed by atoms with Gasteiger partial charge in [-0.05, 0) is 45.9 Å². The minimum Gasteiger partial charge on any atom is -0.464 e. The molecule has 14 heteroatoms. The molecule has 0 aliphatic heterocycles. The lowest BCUT2D eigenvalue weighted by molar-refractivity contribution is -0.137. The summed E-state index contributed by atoms with van der Waals surface area (Å²) < 4.78 is 44.9. The monoisotopic (exact) mass is 516 g/mol. The SMILES string of the molecule is CC#C[C@@H](O)CCN(NC(=O)CC(=O)Nc1cc(NC(=O)OC(C)(C)C)cc(C(F)(F)F)c1)C(=O)O. The molecule has 198 valence electrons. The molecule has 0 saturated heterocycles. The lowest BCUT2D eigenvalue weighted by Gasteiger charge is -2.21. The number of amides is 4. The summed E-state index contributed by atoms with van der Waals surface area (Å²) in [5.41, 5.74) is -0.875. The molecule has 0 unspecified atom stereocenters. The fourth-order valence-corrected chi connectivity index (χ4v) is 2.59. The van der Waals surface area contributed by atoms with E-state index in [9.17, 15) is 37.5 Å². The van der Waals surface area contributed by atoms with Crippen LogP contribution in [0, 0.1) is 11.8 Å². The highest BCUT2D eigenvalue weighted by molar-refractivity contribution is 6.04. The number of ether oxygens (including phenoxy) is 1. The van der Waals surface area contributed by atoms with Crippen LogP contribution >= 0.6 is 0 Å². The van der Waals surface area contributed by atoms with Crippen LogP contribution in [0.5, 0.6) is 0 Å². The van der Waals surface area contributed by atoms with Gasteiger partial charge >= 0.3 is 18.4 Å². The van der Waals surface area contributed by atoms with Gasteiger partial charge in [-0.2, -0.15) is 13.2 Å². The zero-order valence-electron chi connectivity index (χ0n) is 19.9. The van der Waals surface area contributed by atoms with Crippen molar-refractivity contribution < 1.29 is 47.3 Å². The Balaban J connectivity index is 2.91. The van der Waals surface area contributed by atoms with Crippen molar-refractivity contribution in [3.8, 4) is 11.8 Å². The molecule has 0 saturated carbocycles. The molecule has 1 rings (SSSR count). The van der Waals surface area contributed by atoms with Crippen molar-refractivity contribution in [2.75, 3.05) is 17.2 Å². The molecule has 0 heterocycles. The van der Waals surface area contributed by atoms with Crippen molar-refractivity contribution in [3.63, 3.8) is 0 Å². The molecule has 0 radical (unpaired) electrons. The van der Waals surface area contributed by atoms with Crippen LogP contribution in [0.2, 0.25) is 0 Å². The molecule has 11 nitrogen and oxygen atoms in total. The first-order chi connectivity index (χ1) is 16.5. The normalized spacial score (nSPS) is 11.9. The molecule has 0 fully saturated rings. The summed E-state index contributed by atoms with van der Waals surface area (Å²) in [7, 11) is 0. The van der Waals surface area contributed by atoms with Gasteiger partial charge < -0.3 is 20.3 Å². The summed E-state index contributed by atoms with van der Waals surface area (Å²) in [6, 6.07) is 2.25. The molecule has 0 bridgehead atoms. The summed E-state index contributed by atoms with van der Waals surface area (Å²) in [6.45, 7) is 5.80. The highest BCUT2D eigenvalue weighted by Gasteiger charge is 2.32. The Morgan fingerprint density at radius 3 is 2.14 bits per heavy atom. The number of hydrazine groups is 1. The van der Waals surface area contributed by atoms with Crippen molar-refractivity contribution in [1.29, 1.82) is 0 Å². The maximum atomic E-state index is 13.3. The van der Waals surface area contributed by atoms with Crippen LogP contribution in [0.4, 0.5) is 34.1 Å². The Bertz CT molecular complexity index is 1040. The van der Waals surface area contributed by atoms with Crippen LogP contribution in [0.25, 0.3) is 0 Å². The predicted molar refractivity (Wildman–Crippen MR) is 121 cm³/mol. The van der Waals surface area contributed by atoms with E-state index < -0.39 is 53.9 Å². The van der Waals surface area contributed by atoms with Gasteiger partial charge in [0, 0.05) is 24.3 Å². The number of hydrogen-bond donors (Lipinski definition) is 5. The average Bonchev–Trinajstić information content (AvgIpc) is 2.68. The third kappa shape index (κ3) is 11.4. The van der Waals surface area contributed by atoms with Gasteiger partial charge in [-0.3, -0.25) is 20.3 Å². The number of aliphatic hydroxyl groups is 1. The highest BCUT2D eigenvalue weighted by atomic mass is 19.4. The van der Waals surface area contributed by atoms with E-state index in [2.05, 4.69) is 22.5 Å². The Kier molecular flexibility index (Phi) is 10.5. The van der Waals surface area contributed by atoms with Crippen LogP contribution in [0.15, 0.2) is 18.2 Å². The van der Waals surface area contributed by atoms with Crippen molar-refractivity contribution in [1.82, 2.24) is 10.4 Å². The summed E-state index contributed by atoms with van der Waals surface area (Å²) in [6.07, 6.45) is -9.62. The number of nitrogens with one attached hydrogen (secondary N) is 3. The number of rotatable bonds is 7. The Labute approximate surface area is 204 Å². The Morgan fingerprint density at radius 1 is 1.06 bits per heavy atom. The topological polar surface area (TPSA) is 157 Å². The van der Waals surface area contributed by atoms with Gasteiger partial charge in [0.2, 0.25) is 11.8 Å². The van der Waals surface area contributed by atoms with E-state index in [0.717, 1.165) is 6.07 Å². The molecule has 1 atom stereocenters. The number of aliphatic hydroxyl groups excluding tert-OH is 1. The number of hydrogen-bond acceptors (Lipinski definition) is 6. The van der Waals surface area contributed by atoms with Crippen LogP contribution in [0.3, 0.4) is 0 Å². The second-order valence-corrected chi connectivity index (χ2v) is 8.32. The number of anilines is 2. The zero-order valence-corrected chi connectivity index (χ0v) is 19.9. The molecule has 0 aliphatic rings. The number of carbonyl (C=O) groups is 4. The van der Waals surface area contributed by atoms with Gasteiger partial charge in [0.05, 0.1) is 5.56 Å². The lowest BCUT2D eigenvalue weighted by atomic mass is 10.1. The van der Waals surface area contributed by atoms with E-state index in [1.54, 1.807) is 20.8 Å². The number of alkyl halides is 3. The van der Waals surface area contributed by atoms with Crippen LogP contribution in [-0.4, -0.2) is 57.5 Å². The summed E-state index contributed by atoms with van der Waals surface area (Å²) in [5, 5.41) is 23.4. The molecular formula is C22H27F3N4O7. The first-order valence-corrected chi connectivity index (χ1v) is 10.4. The first-order valence-electron chi connectivity index (χ1n) is 10.4. The van der Waals surface area contributed by atoms with Crippen molar-refractivity contribution in [3.05, 3.63) is 23.8 Å². The molecule has 1 aromatic carbocycles. The Hall–Kier alpha value is -3.99. The number of benzene rings is 1. The molecule has 0 spiro atoms. The van der Waals surface area contributed by atoms with Gasteiger partial charge in [0.15, 0.2) is 0 Å². The third-order valence-electron chi connectivity index (χ3n) is 3.94. The third-order valence-corrected chi connectivity index (χ3v) is 3.94. The van der Waals surface area contributed by atoms with E-state index in [1.165, 1.54) is 6.92 Å². The molecule has 1 aromatic rings. The largest absolute Gasteiger partial charge is 0.464 e. The Morgan fingerprint density at radius 2 is 1.64 bits per heavy atom. The van der Waals surface area contributed by atoms with Gasteiger partial charge in [0.1, 0.15) is 18.1 Å². The van der Waals surface area contributed by atoms with Crippen LogP contribution in [0.1, 0.15) is 46.1 Å². The first kappa shape index (κ1) is 30.0. The molecular weight excluding hydrogens is 489 g/mol. The number of halogens is 3. The number of nitrogens with zero attached hydrogens (tertiary/aromatic N) is 1. The number of carbonyl (C=O) groups excluding carboxylic acids is 3. The lowest BCUT2D eigenvalue weighted by Crippen LogP contribution is -2.47. The zero-order chi connectivity index (χ0) is 27.7.